The van der Waals surface area contributed by atoms with Crippen LogP contribution < -0.4 is 10.6 Å². The molecule has 2 N–H and O–H groups in total. The highest BCUT2D eigenvalue weighted by molar-refractivity contribution is 6.33. The number of amides is 1. The van der Waals surface area contributed by atoms with E-state index in [1.165, 1.54) is 25.0 Å². The predicted octanol–water partition coefficient (Wildman–Crippen LogP) is 1.96. The van der Waals surface area contributed by atoms with Crippen LogP contribution in [-0.4, -0.2) is 25.0 Å². The molecule has 0 heterocycles. The van der Waals surface area contributed by atoms with Gasteiger partial charge in [0.1, 0.15) is 5.82 Å². The number of hydrogen-bond donors (Lipinski definition) is 2. The summed E-state index contributed by atoms with van der Waals surface area (Å²) in [7, 11) is 0. The van der Waals surface area contributed by atoms with Crippen molar-refractivity contribution >= 4 is 17.5 Å². The van der Waals surface area contributed by atoms with Gasteiger partial charge in [-0.15, -0.1) is 0 Å². The Balaban J connectivity index is 1.81. The van der Waals surface area contributed by atoms with Crippen LogP contribution in [0.25, 0.3) is 0 Å². The monoisotopic (exact) mass is 256 g/mol. The van der Waals surface area contributed by atoms with Crippen LogP contribution in [0.1, 0.15) is 23.2 Å². The molecule has 1 aliphatic rings. The Labute approximate surface area is 104 Å². The van der Waals surface area contributed by atoms with Crippen molar-refractivity contribution in [2.75, 3.05) is 13.1 Å². The Hall–Kier alpha value is -1.13. The zero-order valence-corrected chi connectivity index (χ0v) is 10.1. The second-order valence-electron chi connectivity index (χ2n) is 4.11. The minimum Gasteiger partial charge on any atom is -0.351 e. The number of halogens is 2. The fourth-order valence-corrected chi connectivity index (χ4v) is 1.76. The molecule has 0 saturated heterocycles. The van der Waals surface area contributed by atoms with Crippen LogP contribution in [0.3, 0.4) is 0 Å². The van der Waals surface area contributed by atoms with E-state index in [1.807, 2.05) is 0 Å². The zero-order chi connectivity index (χ0) is 12.3. The van der Waals surface area contributed by atoms with E-state index in [0.29, 0.717) is 18.2 Å². The fraction of sp³-hybridized carbons (Fsp3) is 0.417. The summed E-state index contributed by atoms with van der Waals surface area (Å²) in [4.78, 5) is 11.7. The molecule has 1 saturated carbocycles. The van der Waals surface area contributed by atoms with E-state index in [1.54, 1.807) is 0 Å². The Kier molecular flexibility index (Phi) is 3.97. The van der Waals surface area contributed by atoms with Crippen molar-refractivity contribution in [1.29, 1.82) is 0 Å². The molecular formula is C12H14ClFN2O. The van der Waals surface area contributed by atoms with Gasteiger partial charge in [-0.2, -0.15) is 0 Å². The number of hydrogen-bond acceptors (Lipinski definition) is 2. The second-order valence-corrected chi connectivity index (χ2v) is 4.52. The molecule has 3 nitrogen and oxygen atoms in total. The number of carbonyl (C=O) groups is 1. The molecule has 0 unspecified atom stereocenters. The highest BCUT2D eigenvalue weighted by atomic mass is 35.5. The van der Waals surface area contributed by atoms with E-state index in [2.05, 4.69) is 10.6 Å². The quantitative estimate of drug-likeness (QED) is 0.791. The maximum Gasteiger partial charge on any atom is 0.252 e. The average molecular weight is 257 g/mol. The SMILES string of the molecule is O=C(NCCNC1CC1)c1ccc(F)cc1Cl. The average Bonchev–Trinajstić information content (AvgIpc) is 3.08. The first kappa shape index (κ1) is 12.3. The van der Waals surface area contributed by atoms with Crippen LogP contribution >= 0.6 is 11.6 Å². The molecule has 0 spiro atoms. The molecule has 92 valence electrons. The smallest absolute Gasteiger partial charge is 0.252 e. The Morgan fingerprint density at radius 1 is 1.41 bits per heavy atom. The Morgan fingerprint density at radius 2 is 2.18 bits per heavy atom. The lowest BCUT2D eigenvalue weighted by Gasteiger charge is -2.07. The van der Waals surface area contributed by atoms with Crippen LogP contribution in [0, 0.1) is 5.82 Å². The van der Waals surface area contributed by atoms with Gasteiger partial charge < -0.3 is 10.6 Å². The molecule has 2 rings (SSSR count). The molecule has 0 bridgehead atoms. The lowest BCUT2D eigenvalue weighted by atomic mass is 10.2. The Bertz CT molecular complexity index is 421. The summed E-state index contributed by atoms with van der Waals surface area (Å²) in [6.07, 6.45) is 2.44. The van der Waals surface area contributed by atoms with E-state index >= 15 is 0 Å². The molecule has 0 radical (unpaired) electrons. The van der Waals surface area contributed by atoms with Gasteiger partial charge in [0.05, 0.1) is 10.6 Å². The second kappa shape index (κ2) is 5.47. The molecule has 0 aromatic heterocycles. The standard InChI is InChI=1S/C12H14ClFN2O/c13-11-7-8(14)1-4-10(11)12(17)16-6-5-15-9-2-3-9/h1,4,7,9,15H,2-3,5-6H2,(H,16,17). The number of nitrogens with one attached hydrogen (secondary N) is 2. The first-order valence-electron chi connectivity index (χ1n) is 5.63. The van der Waals surface area contributed by atoms with Crippen LogP contribution in [0.2, 0.25) is 5.02 Å². The largest absolute Gasteiger partial charge is 0.351 e. The van der Waals surface area contributed by atoms with Crippen molar-refractivity contribution in [2.24, 2.45) is 0 Å². The lowest BCUT2D eigenvalue weighted by Crippen LogP contribution is -2.32. The van der Waals surface area contributed by atoms with Crippen molar-refractivity contribution in [1.82, 2.24) is 10.6 Å². The number of benzene rings is 1. The van der Waals surface area contributed by atoms with Crippen LogP contribution in [0.5, 0.6) is 0 Å². The molecule has 0 aliphatic heterocycles. The molecular weight excluding hydrogens is 243 g/mol. The summed E-state index contributed by atoms with van der Waals surface area (Å²) in [6.45, 7) is 1.29. The van der Waals surface area contributed by atoms with Gasteiger partial charge in [-0.25, -0.2) is 4.39 Å². The topological polar surface area (TPSA) is 41.1 Å². The van der Waals surface area contributed by atoms with Crippen LogP contribution in [0.15, 0.2) is 18.2 Å². The lowest BCUT2D eigenvalue weighted by molar-refractivity contribution is 0.0954. The third-order valence-corrected chi connectivity index (χ3v) is 2.91. The molecule has 1 aromatic carbocycles. The number of rotatable bonds is 5. The molecule has 1 fully saturated rings. The number of carbonyl (C=O) groups excluding carboxylic acids is 1. The summed E-state index contributed by atoms with van der Waals surface area (Å²) >= 11 is 5.78. The van der Waals surface area contributed by atoms with Crippen molar-refractivity contribution in [3.63, 3.8) is 0 Å². The van der Waals surface area contributed by atoms with E-state index in [-0.39, 0.29) is 10.9 Å². The highest BCUT2D eigenvalue weighted by Gasteiger charge is 2.19. The molecule has 17 heavy (non-hydrogen) atoms. The first-order valence-corrected chi connectivity index (χ1v) is 6.01. The van der Waals surface area contributed by atoms with Crippen molar-refractivity contribution in [3.05, 3.63) is 34.6 Å². The van der Waals surface area contributed by atoms with Gasteiger partial charge in [0.2, 0.25) is 0 Å². The summed E-state index contributed by atoms with van der Waals surface area (Å²) in [5, 5.41) is 6.15. The van der Waals surface area contributed by atoms with Crippen molar-refractivity contribution < 1.29 is 9.18 Å². The van der Waals surface area contributed by atoms with Gasteiger partial charge in [-0.1, -0.05) is 11.6 Å². The van der Waals surface area contributed by atoms with Crippen LogP contribution in [0.4, 0.5) is 4.39 Å². The summed E-state index contributed by atoms with van der Waals surface area (Å²) < 4.78 is 12.8. The van der Waals surface area contributed by atoms with Gasteiger partial charge in [0.25, 0.3) is 5.91 Å². The maximum absolute atomic E-state index is 12.8. The third kappa shape index (κ3) is 3.68. The normalized spacial score (nSPS) is 14.7. The minimum absolute atomic E-state index is 0.137. The van der Waals surface area contributed by atoms with Crippen molar-refractivity contribution in [3.8, 4) is 0 Å². The molecule has 1 aliphatic carbocycles. The van der Waals surface area contributed by atoms with E-state index in [9.17, 15) is 9.18 Å². The van der Waals surface area contributed by atoms with Gasteiger partial charge in [-0.3, -0.25) is 4.79 Å². The molecule has 1 amide bonds. The van der Waals surface area contributed by atoms with Crippen molar-refractivity contribution in [2.45, 2.75) is 18.9 Å². The van der Waals surface area contributed by atoms with E-state index < -0.39 is 5.82 Å². The maximum atomic E-state index is 12.8. The van der Waals surface area contributed by atoms with Crippen LogP contribution in [-0.2, 0) is 0 Å². The zero-order valence-electron chi connectivity index (χ0n) is 9.30. The van der Waals surface area contributed by atoms with Gasteiger partial charge >= 0.3 is 0 Å². The summed E-state index contributed by atoms with van der Waals surface area (Å²) in [5.41, 5.74) is 0.305. The Morgan fingerprint density at radius 3 is 2.82 bits per heavy atom. The fourth-order valence-electron chi connectivity index (χ4n) is 1.51. The molecule has 5 heteroatoms. The van der Waals surface area contributed by atoms with E-state index in [4.69, 9.17) is 11.6 Å². The molecule has 0 atom stereocenters. The predicted molar refractivity (Wildman–Crippen MR) is 64.8 cm³/mol. The van der Waals surface area contributed by atoms with E-state index in [0.717, 1.165) is 12.6 Å². The van der Waals surface area contributed by atoms with Gasteiger partial charge in [0, 0.05) is 19.1 Å². The summed E-state index contributed by atoms with van der Waals surface area (Å²) in [6, 6.07) is 4.38. The third-order valence-electron chi connectivity index (χ3n) is 2.60. The summed E-state index contributed by atoms with van der Waals surface area (Å²) in [5.74, 6) is -0.713. The minimum atomic E-state index is -0.443. The first-order chi connectivity index (χ1) is 8.16. The van der Waals surface area contributed by atoms with Gasteiger partial charge in [0.15, 0.2) is 0 Å². The molecule has 1 aromatic rings. The van der Waals surface area contributed by atoms with Gasteiger partial charge in [-0.05, 0) is 31.0 Å². The highest BCUT2D eigenvalue weighted by Crippen LogP contribution is 2.18.